The van der Waals surface area contributed by atoms with Gasteiger partial charge in [0, 0.05) is 26.2 Å². The predicted molar refractivity (Wildman–Crippen MR) is 200 cm³/mol. The summed E-state index contributed by atoms with van der Waals surface area (Å²) in [6.07, 6.45) is 17.6. The summed E-state index contributed by atoms with van der Waals surface area (Å²) >= 11 is 11.0. The van der Waals surface area contributed by atoms with Gasteiger partial charge in [-0.1, -0.05) is 107 Å². The Morgan fingerprint density at radius 1 is 0.568 bits per heavy atom. The van der Waals surface area contributed by atoms with E-state index < -0.39 is 0 Å². The lowest BCUT2D eigenvalue weighted by atomic mass is 10.0. The first kappa shape index (κ1) is 37.0. The molecule has 0 aromatic heterocycles. The SMILES string of the molecule is CC(C)=CCC/C(C)=C/CC/C(=C/CC/C(C)=C/CNC(=S)NCCc1ccccc1)CNC(=S)NCCc1ccccc1. The molecule has 2 aromatic carbocycles. The number of allylic oxidation sites excluding steroid dienone is 6. The van der Waals surface area contributed by atoms with Crippen molar-refractivity contribution in [3.05, 3.63) is 118 Å². The molecule has 4 N–H and O–H groups in total. The molecule has 238 valence electrons. The number of hydrogen-bond donors (Lipinski definition) is 4. The first-order valence-electron chi connectivity index (χ1n) is 16.1. The highest BCUT2D eigenvalue weighted by Gasteiger charge is 2.02. The summed E-state index contributed by atoms with van der Waals surface area (Å²) in [7, 11) is 0. The summed E-state index contributed by atoms with van der Waals surface area (Å²) in [5.41, 5.74) is 8.25. The molecular weight excluding hydrogens is 577 g/mol. The van der Waals surface area contributed by atoms with E-state index in [0.29, 0.717) is 5.11 Å². The largest absolute Gasteiger partial charge is 0.362 e. The summed E-state index contributed by atoms with van der Waals surface area (Å²) in [4.78, 5) is 0. The van der Waals surface area contributed by atoms with Gasteiger partial charge in [-0.15, -0.1) is 0 Å². The van der Waals surface area contributed by atoms with E-state index in [1.165, 1.54) is 33.4 Å². The second-order valence-electron chi connectivity index (χ2n) is 11.6. The zero-order valence-electron chi connectivity index (χ0n) is 27.4. The van der Waals surface area contributed by atoms with Crippen molar-refractivity contribution in [3.63, 3.8) is 0 Å². The molecule has 0 unspecified atom stereocenters. The Labute approximate surface area is 278 Å². The quantitative estimate of drug-likeness (QED) is 0.0922. The summed E-state index contributed by atoms with van der Waals surface area (Å²) in [6.45, 7) is 11.9. The second-order valence-corrected chi connectivity index (χ2v) is 12.4. The van der Waals surface area contributed by atoms with Gasteiger partial charge in [0.25, 0.3) is 0 Å². The Bertz CT molecular complexity index is 1230. The van der Waals surface area contributed by atoms with E-state index in [1.807, 2.05) is 12.1 Å². The van der Waals surface area contributed by atoms with Crippen LogP contribution in [0.3, 0.4) is 0 Å². The molecule has 44 heavy (non-hydrogen) atoms. The van der Waals surface area contributed by atoms with Crippen molar-refractivity contribution in [3.8, 4) is 0 Å². The lowest BCUT2D eigenvalue weighted by Crippen LogP contribution is -2.37. The van der Waals surface area contributed by atoms with Crippen molar-refractivity contribution in [1.82, 2.24) is 21.3 Å². The molecule has 0 bridgehead atoms. The van der Waals surface area contributed by atoms with Crippen LogP contribution in [-0.4, -0.2) is 36.4 Å². The lowest BCUT2D eigenvalue weighted by Gasteiger charge is -2.13. The molecule has 0 radical (unpaired) electrons. The van der Waals surface area contributed by atoms with Crippen LogP contribution in [0.2, 0.25) is 0 Å². The van der Waals surface area contributed by atoms with Crippen molar-refractivity contribution >= 4 is 34.7 Å². The van der Waals surface area contributed by atoms with Gasteiger partial charge in [0.2, 0.25) is 0 Å². The van der Waals surface area contributed by atoms with Crippen molar-refractivity contribution in [2.45, 2.75) is 79.1 Å². The molecule has 0 atom stereocenters. The molecule has 0 amide bonds. The molecular formula is C38H54N4S2. The average molecular weight is 631 g/mol. The number of nitrogens with one attached hydrogen (secondary N) is 4. The van der Waals surface area contributed by atoms with Crippen LogP contribution in [0.15, 0.2) is 107 Å². The minimum absolute atomic E-state index is 0.704. The number of thiocarbonyl (C=S) groups is 2. The first-order chi connectivity index (χ1) is 21.3. The van der Waals surface area contributed by atoms with Crippen LogP contribution in [-0.2, 0) is 12.8 Å². The predicted octanol–water partition coefficient (Wildman–Crippen LogP) is 8.53. The fraction of sp³-hybridized carbons (Fsp3) is 0.421. The van der Waals surface area contributed by atoms with Crippen LogP contribution in [0, 0.1) is 0 Å². The molecule has 6 heteroatoms. The van der Waals surface area contributed by atoms with E-state index in [2.05, 4.69) is 122 Å². The Morgan fingerprint density at radius 3 is 1.64 bits per heavy atom. The van der Waals surface area contributed by atoms with Crippen molar-refractivity contribution in [2.75, 3.05) is 26.2 Å². The molecule has 0 saturated carbocycles. The number of hydrogen-bond acceptors (Lipinski definition) is 2. The minimum atomic E-state index is 0.704. The van der Waals surface area contributed by atoms with Gasteiger partial charge in [0.15, 0.2) is 10.2 Å². The maximum atomic E-state index is 5.59. The van der Waals surface area contributed by atoms with Crippen molar-refractivity contribution in [1.29, 1.82) is 0 Å². The van der Waals surface area contributed by atoms with Gasteiger partial charge >= 0.3 is 0 Å². The number of benzene rings is 2. The van der Waals surface area contributed by atoms with E-state index in [1.54, 1.807) is 0 Å². The summed E-state index contributed by atoms with van der Waals surface area (Å²) in [6, 6.07) is 21.0. The molecule has 0 spiro atoms. The maximum absolute atomic E-state index is 5.59. The molecule has 0 aliphatic heterocycles. The summed E-state index contributed by atoms with van der Waals surface area (Å²) in [5.74, 6) is 0. The van der Waals surface area contributed by atoms with Crippen LogP contribution in [0.4, 0.5) is 0 Å². The van der Waals surface area contributed by atoms with E-state index in [-0.39, 0.29) is 0 Å². The standard InChI is InChI=1S/C38H54N4S2/c1-31(2)14-11-15-32(3)16-12-22-36(30-42-38(44)41-29-26-35-20-9-6-10-21-35)23-13-17-33(4)24-27-39-37(43)40-28-25-34-18-7-5-8-19-34/h5-10,14,16,18-21,23-24H,11-13,15,17,22,25-30H2,1-4H3,(H2,39,40,43)(H2,41,42,44)/b32-16+,33-24+,36-23-. The molecule has 0 saturated heterocycles. The first-order valence-corrected chi connectivity index (χ1v) is 16.9. The highest BCUT2D eigenvalue weighted by molar-refractivity contribution is 7.80. The third-order valence-electron chi connectivity index (χ3n) is 7.29. The monoisotopic (exact) mass is 630 g/mol. The van der Waals surface area contributed by atoms with Crippen LogP contribution < -0.4 is 21.3 Å². The third kappa shape index (κ3) is 19.1. The van der Waals surface area contributed by atoms with Gasteiger partial charge in [0.1, 0.15) is 0 Å². The molecule has 2 rings (SSSR count). The van der Waals surface area contributed by atoms with Crippen molar-refractivity contribution < 1.29 is 0 Å². The molecule has 0 fully saturated rings. The van der Waals surface area contributed by atoms with Crippen LogP contribution in [0.25, 0.3) is 0 Å². The second kappa shape index (κ2) is 23.2. The van der Waals surface area contributed by atoms with E-state index >= 15 is 0 Å². The van der Waals surface area contributed by atoms with Gasteiger partial charge in [-0.3, -0.25) is 0 Å². The van der Waals surface area contributed by atoms with Gasteiger partial charge in [-0.2, -0.15) is 0 Å². The van der Waals surface area contributed by atoms with Gasteiger partial charge in [0.05, 0.1) is 0 Å². The molecule has 2 aromatic rings. The molecule has 0 aliphatic carbocycles. The Hall–Kier alpha value is -3.22. The van der Waals surface area contributed by atoms with Crippen molar-refractivity contribution in [2.24, 2.45) is 0 Å². The normalized spacial score (nSPS) is 12.0. The third-order valence-corrected chi connectivity index (χ3v) is 7.87. The summed E-state index contributed by atoms with van der Waals surface area (Å²) in [5, 5.41) is 14.8. The highest BCUT2D eigenvalue weighted by atomic mass is 32.1. The zero-order valence-corrected chi connectivity index (χ0v) is 29.0. The minimum Gasteiger partial charge on any atom is -0.362 e. The molecule has 0 aliphatic rings. The van der Waals surface area contributed by atoms with E-state index in [9.17, 15) is 0 Å². The van der Waals surface area contributed by atoms with E-state index in [0.717, 1.165) is 82.7 Å². The topological polar surface area (TPSA) is 48.1 Å². The van der Waals surface area contributed by atoms with Gasteiger partial charge < -0.3 is 21.3 Å². The van der Waals surface area contributed by atoms with Gasteiger partial charge in [-0.05, 0) is 115 Å². The lowest BCUT2D eigenvalue weighted by molar-refractivity contribution is 0.807. The molecule has 4 nitrogen and oxygen atoms in total. The smallest absolute Gasteiger partial charge is 0.166 e. The molecule has 0 heterocycles. The zero-order chi connectivity index (χ0) is 31.8. The Kier molecular flexibility index (Phi) is 19.5. The Balaban J connectivity index is 1.78. The van der Waals surface area contributed by atoms with Crippen LogP contribution in [0.5, 0.6) is 0 Å². The summed E-state index contributed by atoms with van der Waals surface area (Å²) < 4.78 is 0. The fourth-order valence-electron chi connectivity index (χ4n) is 4.63. The maximum Gasteiger partial charge on any atom is 0.166 e. The van der Waals surface area contributed by atoms with Crippen LogP contribution >= 0.6 is 24.4 Å². The Morgan fingerprint density at radius 2 is 1.07 bits per heavy atom. The highest BCUT2D eigenvalue weighted by Crippen LogP contribution is 2.14. The van der Waals surface area contributed by atoms with E-state index in [4.69, 9.17) is 24.4 Å². The van der Waals surface area contributed by atoms with Crippen LogP contribution in [0.1, 0.15) is 77.3 Å². The fourth-order valence-corrected chi connectivity index (χ4v) is 4.99. The number of rotatable bonds is 19. The average Bonchev–Trinajstić information content (AvgIpc) is 3.00. The van der Waals surface area contributed by atoms with Gasteiger partial charge in [-0.25, -0.2) is 0 Å².